The van der Waals surface area contributed by atoms with Gasteiger partial charge in [0.15, 0.2) is 0 Å². The number of nitrogens with zero attached hydrogens (tertiary/aromatic N) is 1. The molecule has 1 aliphatic carbocycles. The van der Waals surface area contributed by atoms with E-state index in [4.69, 9.17) is 4.74 Å². The molecular formula is C19H25NO2. The van der Waals surface area contributed by atoms with Gasteiger partial charge < -0.3 is 4.74 Å². The molecule has 118 valence electrons. The van der Waals surface area contributed by atoms with Crippen molar-refractivity contribution >= 4 is 5.97 Å². The van der Waals surface area contributed by atoms with Crippen LogP contribution in [0, 0.1) is 0 Å². The summed E-state index contributed by atoms with van der Waals surface area (Å²) in [5, 5.41) is 0. The van der Waals surface area contributed by atoms with Crippen molar-refractivity contribution < 1.29 is 9.53 Å². The molecule has 1 aromatic carbocycles. The maximum atomic E-state index is 11.2. The number of carbonyl (C=O) groups excluding carboxylic acids is 1. The van der Waals surface area contributed by atoms with Crippen molar-refractivity contribution in [2.45, 2.75) is 51.0 Å². The summed E-state index contributed by atoms with van der Waals surface area (Å²) in [6, 6.07) is 8.17. The lowest BCUT2D eigenvalue weighted by molar-refractivity contribution is -0.131. The van der Waals surface area contributed by atoms with Gasteiger partial charge >= 0.3 is 5.97 Å². The Kier molecular flexibility index (Phi) is 4.63. The highest BCUT2D eigenvalue weighted by molar-refractivity contribution is 5.69. The van der Waals surface area contributed by atoms with Gasteiger partial charge in [-0.05, 0) is 37.0 Å². The van der Waals surface area contributed by atoms with Gasteiger partial charge in [0.25, 0.3) is 0 Å². The molecule has 1 saturated carbocycles. The highest BCUT2D eigenvalue weighted by Crippen LogP contribution is 2.43. The average Bonchev–Trinajstić information content (AvgIpc) is 2.56. The van der Waals surface area contributed by atoms with E-state index in [2.05, 4.69) is 29.2 Å². The lowest BCUT2D eigenvalue weighted by atomic mass is 9.74. The van der Waals surface area contributed by atoms with Crippen LogP contribution in [0.4, 0.5) is 0 Å². The van der Waals surface area contributed by atoms with E-state index < -0.39 is 0 Å². The van der Waals surface area contributed by atoms with E-state index in [1.54, 1.807) is 0 Å². The Hall–Kier alpha value is -1.61. The van der Waals surface area contributed by atoms with Gasteiger partial charge in [-0.25, -0.2) is 0 Å². The molecule has 0 amide bonds. The summed E-state index contributed by atoms with van der Waals surface area (Å²) in [4.78, 5) is 13.9. The van der Waals surface area contributed by atoms with Crippen molar-refractivity contribution in [1.29, 1.82) is 0 Å². The second-order valence-electron chi connectivity index (χ2n) is 6.42. The molecule has 0 N–H and O–H groups in total. The van der Waals surface area contributed by atoms with Gasteiger partial charge in [0, 0.05) is 25.6 Å². The van der Waals surface area contributed by atoms with Crippen LogP contribution in [0.1, 0.15) is 51.0 Å². The minimum Gasteiger partial charge on any atom is -0.427 e. The van der Waals surface area contributed by atoms with Gasteiger partial charge in [-0.3, -0.25) is 9.69 Å². The fourth-order valence-electron chi connectivity index (χ4n) is 3.97. The third-order valence-electron chi connectivity index (χ3n) is 4.98. The van der Waals surface area contributed by atoms with Crippen LogP contribution in [0.25, 0.3) is 0 Å². The van der Waals surface area contributed by atoms with Crippen LogP contribution < -0.4 is 4.74 Å². The molecule has 0 radical (unpaired) electrons. The highest BCUT2D eigenvalue weighted by Gasteiger charge is 2.39. The lowest BCUT2D eigenvalue weighted by Gasteiger charge is -2.47. The van der Waals surface area contributed by atoms with Gasteiger partial charge in [0.05, 0.1) is 0 Å². The minimum atomic E-state index is -0.254. The minimum absolute atomic E-state index is 0.110. The molecule has 0 bridgehead atoms. The zero-order chi connectivity index (χ0) is 15.4. The first-order valence-electron chi connectivity index (χ1n) is 8.40. The number of ether oxygens (including phenoxy) is 1. The van der Waals surface area contributed by atoms with Gasteiger partial charge in [0.1, 0.15) is 5.75 Å². The summed E-state index contributed by atoms with van der Waals surface area (Å²) in [5.41, 5.74) is 1.42. The summed E-state index contributed by atoms with van der Waals surface area (Å²) in [7, 11) is 0. The fraction of sp³-hybridized carbons (Fsp3) is 0.526. The first-order valence-corrected chi connectivity index (χ1v) is 8.40. The number of benzene rings is 1. The highest BCUT2D eigenvalue weighted by atomic mass is 16.5. The van der Waals surface area contributed by atoms with E-state index in [1.807, 2.05) is 12.1 Å². The first-order chi connectivity index (χ1) is 10.7. The molecule has 3 heteroatoms. The van der Waals surface area contributed by atoms with E-state index in [0.29, 0.717) is 5.75 Å². The Balaban J connectivity index is 1.94. The summed E-state index contributed by atoms with van der Waals surface area (Å²) >= 11 is 0. The monoisotopic (exact) mass is 299 g/mol. The molecule has 0 unspecified atom stereocenters. The normalized spacial score (nSPS) is 21.5. The number of carbonyl (C=O) groups is 1. The quantitative estimate of drug-likeness (QED) is 0.479. The van der Waals surface area contributed by atoms with Crippen molar-refractivity contribution in [2.75, 3.05) is 13.1 Å². The molecule has 3 rings (SSSR count). The standard InChI is InChI=1S/C19H25NO2/c1-16(21)22-18-10-8-9-17(15-18)19(11-4-2-5-12-19)20-13-6-3-7-14-20/h3,6,8-10,15H,2,4-5,7,11-14H2,1H3. The van der Waals surface area contributed by atoms with Crippen LogP contribution in [0.5, 0.6) is 5.75 Å². The smallest absolute Gasteiger partial charge is 0.308 e. The maximum Gasteiger partial charge on any atom is 0.308 e. The first kappa shape index (κ1) is 15.3. The zero-order valence-electron chi connectivity index (χ0n) is 13.4. The van der Waals surface area contributed by atoms with Crippen LogP contribution in [0.3, 0.4) is 0 Å². The second-order valence-corrected chi connectivity index (χ2v) is 6.42. The van der Waals surface area contributed by atoms with Gasteiger partial charge in [-0.1, -0.05) is 43.5 Å². The number of hydrogen-bond acceptors (Lipinski definition) is 3. The molecule has 3 nitrogen and oxygen atoms in total. The molecular weight excluding hydrogens is 274 g/mol. The predicted molar refractivity (Wildman–Crippen MR) is 87.8 cm³/mol. The molecule has 2 aliphatic rings. The van der Waals surface area contributed by atoms with Crippen LogP contribution in [-0.4, -0.2) is 24.0 Å². The Labute approximate surface area is 133 Å². The van der Waals surface area contributed by atoms with E-state index >= 15 is 0 Å². The van der Waals surface area contributed by atoms with Crippen molar-refractivity contribution in [3.05, 3.63) is 42.0 Å². The Morgan fingerprint density at radius 2 is 2.00 bits per heavy atom. The second kappa shape index (κ2) is 6.66. The van der Waals surface area contributed by atoms with Crippen LogP contribution >= 0.6 is 0 Å². The number of esters is 1. The van der Waals surface area contributed by atoms with Crippen LogP contribution in [0.15, 0.2) is 36.4 Å². The molecule has 1 aliphatic heterocycles. The molecule has 0 saturated heterocycles. The van der Waals surface area contributed by atoms with Crippen molar-refractivity contribution in [1.82, 2.24) is 4.90 Å². The van der Waals surface area contributed by atoms with E-state index in [9.17, 15) is 4.79 Å². The Morgan fingerprint density at radius 1 is 1.18 bits per heavy atom. The summed E-state index contributed by atoms with van der Waals surface area (Å²) in [6.45, 7) is 3.60. The zero-order valence-corrected chi connectivity index (χ0v) is 13.4. The lowest BCUT2D eigenvalue weighted by Crippen LogP contribution is -2.48. The van der Waals surface area contributed by atoms with Crippen molar-refractivity contribution in [3.8, 4) is 5.75 Å². The molecule has 1 aromatic rings. The molecule has 22 heavy (non-hydrogen) atoms. The molecule has 0 aromatic heterocycles. The SMILES string of the molecule is CC(=O)Oc1cccc(C2(N3CC=CCC3)CCCCC2)c1. The third-order valence-corrected chi connectivity index (χ3v) is 4.98. The van der Waals surface area contributed by atoms with E-state index in [1.165, 1.54) is 44.6 Å². The van der Waals surface area contributed by atoms with Gasteiger partial charge in [-0.15, -0.1) is 0 Å². The van der Waals surface area contributed by atoms with Crippen molar-refractivity contribution in [2.24, 2.45) is 0 Å². The van der Waals surface area contributed by atoms with Gasteiger partial charge in [0.2, 0.25) is 0 Å². The van der Waals surface area contributed by atoms with Crippen LogP contribution in [0.2, 0.25) is 0 Å². The molecule has 1 fully saturated rings. The van der Waals surface area contributed by atoms with Gasteiger partial charge in [-0.2, -0.15) is 0 Å². The average molecular weight is 299 g/mol. The molecule has 1 heterocycles. The predicted octanol–water partition coefficient (Wildman–Crippen LogP) is 4.03. The molecule has 0 atom stereocenters. The van der Waals surface area contributed by atoms with E-state index in [-0.39, 0.29) is 11.5 Å². The fourth-order valence-corrected chi connectivity index (χ4v) is 3.97. The van der Waals surface area contributed by atoms with Crippen molar-refractivity contribution in [3.63, 3.8) is 0 Å². The molecule has 0 spiro atoms. The summed E-state index contributed by atoms with van der Waals surface area (Å²) < 4.78 is 5.31. The van der Waals surface area contributed by atoms with E-state index in [0.717, 1.165) is 19.5 Å². The summed E-state index contributed by atoms with van der Waals surface area (Å²) in [5.74, 6) is 0.415. The summed E-state index contributed by atoms with van der Waals surface area (Å²) in [6.07, 6.45) is 12.0. The van der Waals surface area contributed by atoms with Crippen LogP contribution in [-0.2, 0) is 10.3 Å². The Morgan fingerprint density at radius 3 is 2.68 bits per heavy atom. The Bertz CT molecular complexity index is 558. The number of hydrogen-bond donors (Lipinski definition) is 0. The largest absolute Gasteiger partial charge is 0.427 e. The maximum absolute atomic E-state index is 11.2. The number of rotatable bonds is 3. The third kappa shape index (κ3) is 3.09. The topological polar surface area (TPSA) is 29.5 Å².